The van der Waals surface area contributed by atoms with Gasteiger partial charge in [-0.1, -0.05) is 246 Å². The van der Waals surface area contributed by atoms with Crippen LogP contribution in [-0.2, 0) is 28.6 Å². The van der Waals surface area contributed by atoms with Crippen LogP contribution in [0.25, 0.3) is 0 Å². The van der Waals surface area contributed by atoms with Gasteiger partial charge in [0.1, 0.15) is 13.2 Å². The number of unbranched alkanes of at least 4 members (excludes halogenated alkanes) is 22. The summed E-state index contributed by atoms with van der Waals surface area (Å²) in [6, 6.07) is 0. The first kappa shape index (κ1) is 62.3. The molecular formula is C60H100O6. The lowest BCUT2D eigenvalue weighted by Crippen LogP contribution is -2.30. The van der Waals surface area contributed by atoms with Gasteiger partial charge < -0.3 is 14.2 Å². The topological polar surface area (TPSA) is 78.9 Å². The van der Waals surface area contributed by atoms with Gasteiger partial charge in [-0.15, -0.1) is 0 Å². The van der Waals surface area contributed by atoms with E-state index in [0.29, 0.717) is 19.3 Å². The van der Waals surface area contributed by atoms with Gasteiger partial charge in [-0.05, 0) is 77.0 Å². The molecule has 0 aliphatic carbocycles. The third-order valence-electron chi connectivity index (χ3n) is 11.4. The molecule has 0 aliphatic rings. The maximum absolute atomic E-state index is 12.8. The fourth-order valence-corrected chi connectivity index (χ4v) is 7.27. The number of ether oxygens (including phenoxy) is 3. The van der Waals surface area contributed by atoms with Crippen LogP contribution >= 0.6 is 0 Å². The predicted molar refractivity (Wildman–Crippen MR) is 284 cm³/mol. The lowest BCUT2D eigenvalue weighted by molar-refractivity contribution is -0.166. The van der Waals surface area contributed by atoms with Crippen LogP contribution in [0.3, 0.4) is 0 Å². The molecule has 0 aromatic rings. The summed E-state index contributed by atoms with van der Waals surface area (Å²) in [6.07, 6.45) is 71.3. The second-order valence-electron chi connectivity index (χ2n) is 17.8. The van der Waals surface area contributed by atoms with Crippen molar-refractivity contribution in [2.45, 2.75) is 252 Å². The van der Waals surface area contributed by atoms with E-state index in [-0.39, 0.29) is 37.5 Å². The molecule has 6 heteroatoms. The number of hydrogen-bond donors (Lipinski definition) is 0. The molecule has 0 amide bonds. The van der Waals surface area contributed by atoms with Crippen LogP contribution in [0.15, 0.2) is 97.2 Å². The van der Waals surface area contributed by atoms with Gasteiger partial charge in [0.05, 0.1) is 0 Å². The summed E-state index contributed by atoms with van der Waals surface area (Å²) in [5, 5.41) is 0. The van der Waals surface area contributed by atoms with Crippen molar-refractivity contribution in [2.24, 2.45) is 0 Å². The van der Waals surface area contributed by atoms with Crippen LogP contribution in [0.4, 0.5) is 0 Å². The highest BCUT2D eigenvalue weighted by atomic mass is 16.6. The van der Waals surface area contributed by atoms with E-state index in [1.807, 2.05) is 6.08 Å². The number of allylic oxidation sites excluding steroid dienone is 16. The summed E-state index contributed by atoms with van der Waals surface area (Å²) in [7, 11) is 0. The summed E-state index contributed by atoms with van der Waals surface area (Å²) < 4.78 is 16.7. The van der Waals surface area contributed by atoms with E-state index in [1.165, 1.54) is 109 Å². The number of hydrogen-bond acceptors (Lipinski definition) is 6. The van der Waals surface area contributed by atoms with Crippen LogP contribution in [-0.4, -0.2) is 37.2 Å². The summed E-state index contributed by atoms with van der Waals surface area (Å²) >= 11 is 0. The molecule has 0 spiro atoms. The third kappa shape index (κ3) is 51.3. The molecule has 1 atom stereocenters. The molecule has 0 fully saturated rings. The first-order valence-corrected chi connectivity index (χ1v) is 27.3. The van der Waals surface area contributed by atoms with E-state index in [0.717, 1.165) is 89.9 Å². The molecule has 6 nitrogen and oxygen atoms in total. The molecule has 0 aromatic heterocycles. The zero-order chi connectivity index (χ0) is 47.9. The normalized spacial score (nSPS) is 12.8. The van der Waals surface area contributed by atoms with Gasteiger partial charge in [0.2, 0.25) is 0 Å². The number of rotatable bonds is 48. The molecule has 0 radical (unpaired) electrons. The second kappa shape index (κ2) is 53.9. The molecule has 0 aromatic carbocycles. The van der Waals surface area contributed by atoms with E-state index in [9.17, 15) is 14.4 Å². The average molecular weight is 917 g/mol. The Labute approximate surface area is 407 Å². The first-order chi connectivity index (χ1) is 32.5. The summed E-state index contributed by atoms with van der Waals surface area (Å²) in [6.45, 7) is 6.39. The Balaban J connectivity index is 4.47. The number of esters is 3. The Kier molecular flexibility index (Phi) is 50.9. The minimum Gasteiger partial charge on any atom is -0.462 e. The van der Waals surface area contributed by atoms with E-state index in [4.69, 9.17) is 14.2 Å². The van der Waals surface area contributed by atoms with E-state index in [2.05, 4.69) is 112 Å². The van der Waals surface area contributed by atoms with Crippen molar-refractivity contribution in [3.63, 3.8) is 0 Å². The molecule has 0 N–H and O–H groups in total. The van der Waals surface area contributed by atoms with Crippen molar-refractivity contribution in [1.29, 1.82) is 0 Å². The van der Waals surface area contributed by atoms with Gasteiger partial charge >= 0.3 is 17.9 Å². The van der Waals surface area contributed by atoms with Crippen LogP contribution < -0.4 is 0 Å². The number of carbonyl (C=O) groups is 3. The van der Waals surface area contributed by atoms with Gasteiger partial charge in [-0.25, -0.2) is 0 Å². The summed E-state index contributed by atoms with van der Waals surface area (Å²) in [4.78, 5) is 38.0. The smallest absolute Gasteiger partial charge is 0.306 e. The maximum Gasteiger partial charge on any atom is 0.306 e. The molecule has 0 saturated carbocycles. The van der Waals surface area contributed by atoms with E-state index >= 15 is 0 Å². The Morgan fingerprint density at radius 3 is 1.12 bits per heavy atom. The molecule has 0 saturated heterocycles. The maximum atomic E-state index is 12.8. The molecule has 0 rings (SSSR count). The van der Waals surface area contributed by atoms with E-state index < -0.39 is 6.10 Å². The molecule has 1 unspecified atom stereocenters. The van der Waals surface area contributed by atoms with E-state index in [1.54, 1.807) is 0 Å². The standard InChI is InChI=1S/C60H100O6/c1-4-7-10-13-16-19-22-24-26-28-30-32-33-35-38-41-44-47-50-53-59(62)65-56-57(55-64-58(61)52-49-46-43-40-37-21-18-15-12-9-6-3)66-60(63)54-51-48-45-42-39-36-34-31-29-27-25-23-20-17-14-11-8-5-2/h7,10,15-16,18-19,21,24,26,30,32,35,37-38,44,47,57H,4-6,8-9,11-14,17,20,22-23,25,27-29,31,33-34,36,39-43,45-46,48-56H2,1-3H3/b10-7-,18-15-,19-16-,26-24-,32-30-,37-21-,38-35-,47-44-. The zero-order valence-electron chi connectivity index (χ0n) is 42.9. The average Bonchev–Trinajstić information content (AvgIpc) is 3.31. The molecular weight excluding hydrogens is 817 g/mol. The molecule has 0 bridgehead atoms. The zero-order valence-corrected chi connectivity index (χ0v) is 42.9. The van der Waals surface area contributed by atoms with Crippen molar-refractivity contribution >= 4 is 17.9 Å². The Bertz CT molecular complexity index is 1330. The second-order valence-corrected chi connectivity index (χ2v) is 17.8. The fraction of sp³-hybridized carbons (Fsp3) is 0.683. The van der Waals surface area contributed by atoms with Crippen LogP contribution in [0, 0.1) is 0 Å². The summed E-state index contributed by atoms with van der Waals surface area (Å²) in [5.74, 6) is -1.02. The Morgan fingerprint density at radius 2 is 0.682 bits per heavy atom. The molecule has 0 heterocycles. The van der Waals surface area contributed by atoms with Gasteiger partial charge in [0, 0.05) is 19.3 Å². The lowest BCUT2D eigenvalue weighted by atomic mass is 10.0. The minimum absolute atomic E-state index is 0.114. The minimum atomic E-state index is -0.817. The lowest BCUT2D eigenvalue weighted by Gasteiger charge is -2.18. The fourth-order valence-electron chi connectivity index (χ4n) is 7.27. The van der Waals surface area contributed by atoms with Gasteiger partial charge in [-0.3, -0.25) is 14.4 Å². The van der Waals surface area contributed by atoms with Crippen LogP contribution in [0.1, 0.15) is 245 Å². The van der Waals surface area contributed by atoms with Crippen molar-refractivity contribution in [1.82, 2.24) is 0 Å². The Morgan fingerprint density at radius 1 is 0.333 bits per heavy atom. The largest absolute Gasteiger partial charge is 0.462 e. The highest BCUT2D eigenvalue weighted by Gasteiger charge is 2.19. The molecule has 0 aliphatic heterocycles. The Hall–Kier alpha value is -3.67. The highest BCUT2D eigenvalue weighted by molar-refractivity contribution is 5.71. The van der Waals surface area contributed by atoms with Crippen molar-refractivity contribution in [3.8, 4) is 0 Å². The van der Waals surface area contributed by atoms with Gasteiger partial charge in [-0.2, -0.15) is 0 Å². The SMILES string of the molecule is CC/C=C\C/C=C\C/C=C\C/C=C\C/C=C\C/C=C\CCC(=O)OCC(COC(=O)CCCCC/C=C\C=C/CCCC)OC(=O)CCCCCCCCCCCCCCCCCCCC. The van der Waals surface area contributed by atoms with Gasteiger partial charge in [0.25, 0.3) is 0 Å². The van der Waals surface area contributed by atoms with Crippen molar-refractivity contribution < 1.29 is 28.6 Å². The highest BCUT2D eigenvalue weighted by Crippen LogP contribution is 2.15. The quantitative estimate of drug-likeness (QED) is 0.0199. The van der Waals surface area contributed by atoms with Crippen molar-refractivity contribution in [3.05, 3.63) is 97.2 Å². The molecule has 376 valence electrons. The van der Waals surface area contributed by atoms with Crippen LogP contribution in [0.5, 0.6) is 0 Å². The monoisotopic (exact) mass is 917 g/mol. The van der Waals surface area contributed by atoms with Crippen molar-refractivity contribution in [2.75, 3.05) is 13.2 Å². The summed E-state index contributed by atoms with van der Waals surface area (Å²) in [5.41, 5.74) is 0. The first-order valence-electron chi connectivity index (χ1n) is 27.3. The van der Waals surface area contributed by atoms with Gasteiger partial charge in [0.15, 0.2) is 6.10 Å². The molecule has 66 heavy (non-hydrogen) atoms. The third-order valence-corrected chi connectivity index (χ3v) is 11.4. The predicted octanol–water partition coefficient (Wildman–Crippen LogP) is 18.1. The van der Waals surface area contributed by atoms with Crippen LogP contribution in [0.2, 0.25) is 0 Å². The number of carbonyl (C=O) groups excluding carboxylic acids is 3.